The highest BCUT2D eigenvalue weighted by atomic mass is 16.6. The Bertz CT molecular complexity index is 1120. The van der Waals surface area contributed by atoms with Crippen molar-refractivity contribution in [2.45, 2.75) is 65.5 Å². The van der Waals surface area contributed by atoms with E-state index in [1.54, 1.807) is 60.3 Å². The molecule has 0 saturated carbocycles. The predicted octanol–water partition coefficient (Wildman–Crippen LogP) is 3.95. The quantitative estimate of drug-likeness (QED) is 0.295. The number of carbonyl (C=O) groups is 2. The number of pyridine rings is 1. The van der Waals surface area contributed by atoms with Crippen LogP contribution in [0.3, 0.4) is 0 Å². The lowest BCUT2D eigenvalue weighted by molar-refractivity contribution is -0.125. The molecule has 3 N–H and O–H groups in total. The number of amides is 2. The van der Waals surface area contributed by atoms with Gasteiger partial charge < -0.3 is 25.4 Å². The summed E-state index contributed by atoms with van der Waals surface area (Å²) in [7, 11) is 3.11. The van der Waals surface area contributed by atoms with E-state index in [2.05, 4.69) is 49.7 Å². The lowest BCUT2D eigenvalue weighted by atomic mass is 10.2. The van der Waals surface area contributed by atoms with E-state index in [0.717, 1.165) is 18.7 Å². The second-order valence-corrected chi connectivity index (χ2v) is 9.56. The fourth-order valence-corrected chi connectivity index (χ4v) is 2.98. The van der Waals surface area contributed by atoms with E-state index in [9.17, 15) is 9.59 Å². The third-order valence-corrected chi connectivity index (χ3v) is 5.18. The molecule has 0 aromatic carbocycles. The fourth-order valence-electron chi connectivity index (χ4n) is 2.98. The molecule has 206 valence electrons. The van der Waals surface area contributed by atoms with Crippen molar-refractivity contribution < 1.29 is 19.1 Å². The molecular weight excluding hydrogens is 486 g/mol. The van der Waals surface area contributed by atoms with Crippen molar-refractivity contribution >= 4 is 29.5 Å². The van der Waals surface area contributed by atoms with E-state index in [1.807, 2.05) is 6.07 Å². The summed E-state index contributed by atoms with van der Waals surface area (Å²) in [6.07, 6.45) is 4.94. The van der Waals surface area contributed by atoms with E-state index in [1.165, 1.54) is 4.90 Å². The molecule has 2 aromatic rings. The summed E-state index contributed by atoms with van der Waals surface area (Å²) in [5.41, 5.74) is 0.801. The van der Waals surface area contributed by atoms with Crippen LogP contribution in [0.4, 0.5) is 22.2 Å². The Kier molecular flexibility index (Phi) is 11.6. The first-order chi connectivity index (χ1) is 18.0. The average molecular weight is 526 g/mol. The molecule has 0 aliphatic carbocycles. The highest BCUT2D eigenvalue weighted by molar-refractivity contribution is 5.85. The molecule has 0 spiro atoms. The molecule has 0 unspecified atom stereocenters. The van der Waals surface area contributed by atoms with Gasteiger partial charge in [0.25, 0.3) is 0 Å². The smallest absolute Gasteiger partial charge is 0.410 e. The summed E-state index contributed by atoms with van der Waals surface area (Å²) >= 11 is 0. The van der Waals surface area contributed by atoms with Crippen LogP contribution in [0.15, 0.2) is 24.5 Å². The van der Waals surface area contributed by atoms with Crippen molar-refractivity contribution in [2.75, 3.05) is 37.9 Å². The van der Waals surface area contributed by atoms with Gasteiger partial charge in [-0.15, -0.1) is 0 Å². The minimum absolute atomic E-state index is 0.249. The van der Waals surface area contributed by atoms with Gasteiger partial charge >= 0.3 is 6.09 Å². The lowest BCUT2D eigenvalue weighted by Gasteiger charge is -2.28. The highest BCUT2D eigenvalue weighted by Gasteiger charge is 2.26. The molecule has 0 radical (unpaired) electrons. The zero-order valence-electron chi connectivity index (χ0n) is 23.3. The maximum Gasteiger partial charge on any atom is 0.410 e. The Hall–Kier alpha value is -4.07. The van der Waals surface area contributed by atoms with Gasteiger partial charge in [-0.05, 0) is 46.6 Å². The number of rotatable bonds is 11. The zero-order valence-corrected chi connectivity index (χ0v) is 23.3. The number of nitrogens with zero attached hydrogens (tertiary/aromatic N) is 4. The van der Waals surface area contributed by atoms with Crippen molar-refractivity contribution in [3.05, 3.63) is 30.1 Å². The van der Waals surface area contributed by atoms with E-state index >= 15 is 0 Å². The van der Waals surface area contributed by atoms with Crippen LogP contribution in [0.1, 0.15) is 59.4 Å². The Labute approximate surface area is 225 Å². The van der Waals surface area contributed by atoms with Crippen LogP contribution in [-0.4, -0.2) is 70.7 Å². The van der Waals surface area contributed by atoms with Crippen LogP contribution in [0.5, 0.6) is 5.88 Å². The van der Waals surface area contributed by atoms with Gasteiger partial charge in [0.05, 0.1) is 30.8 Å². The molecule has 0 fully saturated rings. The van der Waals surface area contributed by atoms with E-state index in [-0.39, 0.29) is 5.91 Å². The van der Waals surface area contributed by atoms with Crippen LogP contribution in [0.25, 0.3) is 0 Å². The summed E-state index contributed by atoms with van der Waals surface area (Å²) in [5.74, 6) is 7.58. The van der Waals surface area contributed by atoms with E-state index in [4.69, 9.17) is 9.47 Å². The largest absolute Gasteiger partial charge is 0.481 e. The maximum absolute atomic E-state index is 12.4. The SMILES string of the molecule is CCCNc1nc(Nc2ccc(OC)nc2)ncc1C#CCCCNC(=O)[C@H](C)N(C)C(=O)OC(C)(C)C. The second-order valence-electron chi connectivity index (χ2n) is 9.56. The second kappa shape index (κ2) is 14.6. The van der Waals surface area contributed by atoms with E-state index in [0.29, 0.717) is 42.6 Å². The molecule has 2 rings (SSSR count). The van der Waals surface area contributed by atoms with Gasteiger partial charge in [-0.2, -0.15) is 4.98 Å². The standard InChI is InChI=1S/C27H39N7O4/c1-8-15-28-23-20(17-31-25(33-23)32-21-13-14-22(37-7)30-18-21)12-10-9-11-16-29-24(35)19(2)34(6)26(36)38-27(3,4)5/h13-14,17-19H,8-9,11,15-16H2,1-7H3,(H,29,35)(H2,28,31,32,33)/t19-/m0/s1. The molecule has 11 nitrogen and oxygen atoms in total. The van der Waals surface area contributed by atoms with Crippen molar-refractivity contribution in [1.82, 2.24) is 25.2 Å². The normalized spacial score (nSPS) is 11.4. The summed E-state index contributed by atoms with van der Waals surface area (Å²) in [6.45, 7) is 10.3. The molecule has 1 atom stereocenters. The monoisotopic (exact) mass is 525 g/mol. The number of hydrogen-bond acceptors (Lipinski definition) is 9. The molecule has 38 heavy (non-hydrogen) atoms. The number of ether oxygens (including phenoxy) is 2. The molecule has 0 aliphatic heterocycles. The van der Waals surface area contributed by atoms with Crippen LogP contribution in [0.2, 0.25) is 0 Å². The summed E-state index contributed by atoms with van der Waals surface area (Å²) in [6, 6.07) is 2.93. The van der Waals surface area contributed by atoms with Crippen molar-refractivity contribution in [2.24, 2.45) is 0 Å². The third kappa shape index (κ3) is 10.1. The Morgan fingerprint density at radius 1 is 1.16 bits per heavy atom. The van der Waals surface area contributed by atoms with Crippen LogP contribution < -0.4 is 20.7 Å². The number of hydrogen-bond donors (Lipinski definition) is 3. The number of likely N-dealkylation sites (N-methyl/N-ethyl adjacent to an activating group) is 1. The molecule has 0 saturated heterocycles. The first kappa shape index (κ1) is 30.2. The highest BCUT2D eigenvalue weighted by Crippen LogP contribution is 2.18. The molecular formula is C27H39N7O4. The van der Waals surface area contributed by atoms with Crippen LogP contribution in [0, 0.1) is 11.8 Å². The molecule has 2 amide bonds. The first-order valence-electron chi connectivity index (χ1n) is 12.6. The topological polar surface area (TPSA) is 131 Å². The zero-order chi connectivity index (χ0) is 28.1. The first-order valence-corrected chi connectivity index (χ1v) is 12.6. The third-order valence-electron chi connectivity index (χ3n) is 5.18. The van der Waals surface area contributed by atoms with Gasteiger partial charge in [-0.25, -0.2) is 14.8 Å². The minimum atomic E-state index is -0.652. The van der Waals surface area contributed by atoms with Crippen molar-refractivity contribution in [3.63, 3.8) is 0 Å². The molecule has 0 aliphatic rings. The van der Waals surface area contributed by atoms with Crippen LogP contribution >= 0.6 is 0 Å². The van der Waals surface area contributed by atoms with Crippen molar-refractivity contribution in [3.8, 4) is 17.7 Å². The van der Waals surface area contributed by atoms with Crippen LogP contribution in [-0.2, 0) is 9.53 Å². The summed E-state index contributed by atoms with van der Waals surface area (Å²) in [5, 5.41) is 9.26. The Balaban J connectivity index is 1.90. The number of nitrogens with one attached hydrogen (secondary N) is 3. The number of carbonyl (C=O) groups excluding carboxylic acids is 2. The average Bonchev–Trinajstić information content (AvgIpc) is 2.88. The fraction of sp³-hybridized carbons (Fsp3) is 0.519. The molecule has 11 heteroatoms. The van der Waals surface area contributed by atoms with Gasteiger partial charge in [0, 0.05) is 32.6 Å². The molecule has 2 aromatic heterocycles. The van der Waals surface area contributed by atoms with Gasteiger partial charge in [-0.3, -0.25) is 9.69 Å². The van der Waals surface area contributed by atoms with Gasteiger partial charge in [-0.1, -0.05) is 18.8 Å². The summed E-state index contributed by atoms with van der Waals surface area (Å²) in [4.78, 5) is 39.0. The number of unbranched alkanes of at least 4 members (excludes halogenated alkanes) is 1. The number of methoxy groups -OCH3 is 1. The van der Waals surface area contributed by atoms with Gasteiger partial charge in [0.1, 0.15) is 17.5 Å². The number of aromatic nitrogens is 3. The number of anilines is 3. The molecule has 0 bridgehead atoms. The summed E-state index contributed by atoms with van der Waals surface area (Å²) < 4.78 is 10.4. The Morgan fingerprint density at radius 2 is 1.92 bits per heavy atom. The Morgan fingerprint density at radius 3 is 2.55 bits per heavy atom. The maximum atomic E-state index is 12.4. The predicted molar refractivity (Wildman–Crippen MR) is 147 cm³/mol. The van der Waals surface area contributed by atoms with Gasteiger partial charge in [0.2, 0.25) is 17.7 Å². The van der Waals surface area contributed by atoms with Crippen molar-refractivity contribution in [1.29, 1.82) is 0 Å². The lowest BCUT2D eigenvalue weighted by Crippen LogP contribution is -2.47. The van der Waals surface area contributed by atoms with Gasteiger partial charge in [0.15, 0.2) is 0 Å². The minimum Gasteiger partial charge on any atom is -0.481 e. The molecule has 2 heterocycles. The van der Waals surface area contributed by atoms with E-state index < -0.39 is 17.7 Å².